The van der Waals surface area contributed by atoms with Crippen LogP contribution in [-0.2, 0) is 4.74 Å². The van der Waals surface area contributed by atoms with E-state index in [0.717, 1.165) is 0 Å². The molecule has 1 rings (SSSR count). The molecule has 0 aliphatic rings. The second-order valence-corrected chi connectivity index (χ2v) is 5.09. The van der Waals surface area contributed by atoms with E-state index >= 15 is 0 Å². The minimum atomic E-state index is -0.394. The molecule has 6 heteroatoms. The lowest BCUT2D eigenvalue weighted by Crippen LogP contribution is -2.32. The van der Waals surface area contributed by atoms with Crippen molar-refractivity contribution in [3.8, 4) is 0 Å². The van der Waals surface area contributed by atoms with Crippen LogP contribution >= 0.6 is 11.8 Å². The molecular formula is C13H20N2O3S. The first-order valence-electron chi connectivity index (χ1n) is 6.16. The van der Waals surface area contributed by atoms with Gasteiger partial charge in [-0.3, -0.25) is 0 Å². The summed E-state index contributed by atoms with van der Waals surface area (Å²) in [6.07, 6.45) is 3.55. The second kappa shape index (κ2) is 8.01. The Morgan fingerprint density at radius 3 is 2.95 bits per heavy atom. The molecule has 0 spiro atoms. The van der Waals surface area contributed by atoms with Crippen LogP contribution in [0.5, 0.6) is 0 Å². The Hall–Kier alpha value is -1.27. The van der Waals surface area contributed by atoms with Gasteiger partial charge in [0.2, 0.25) is 0 Å². The lowest BCUT2D eigenvalue weighted by Gasteiger charge is -2.22. The smallest absolute Gasteiger partial charge is 0.341 e. The summed E-state index contributed by atoms with van der Waals surface area (Å²) in [5, 5.41) is 12.5. The Morgan fingerprint density at radius 1 is 1.63 bits per heavy atom. The highest BCUT2D eigenvalue weighted by Gasteiger charge is 2.19. The number of anilines is 1. The molecule has 1 heterocycles. The zero-order valence-electron chi connectivity index (χ0n) is 11.4. The molecule has 2 N–H and O–H groups in total. The minimum Gasteiger partial charge on any atom is -0.462 e. The molecule has 0 unspecified atom stereocenters. The van der Waals surface area contributed by atoms with Crippen molar-refractivity contribution in [1.29, 1.82) is 0 Å². The number of carbonyl (C=O) groups is 1. The molecule has 0 saturated heterocycles. The van der Waals surface area contributed by atoms with Gasteiger partial charge in [0.1, 0.15) is 11.4 Å². The molecule has 0 bridgehead atoms. The van der Waals surface area contributed by atoms with E-state index in [1.165, 1.54) is 0 Å². The van der Waals surface area contributed by atoms with E-state index in [0.29, 0.717) is 18.0 Å². The van der Waals surface area contributed by atoms with Gasteiger partial charge in [-0.25, -0.2) is 9.78 Å². The summed E-state index contributed by atoms with van der Waals surface area (Å²) in [6, 6.07) is 3.36. The number of aromatic nitrogens is 1. The van der Waals surface area contributed by atoms with E-state index in [1.807, 2.05) is 13.2 Å². The van der Waals surface area contributed by atoms with E-state index in [2.05, 4.69) is 10.3 Å². The van der Waals surface area contributed by atoms with E-state index in [4.69, 9.17) is 4.74 Å². The maximum atomic E-state index is 11.8. The van der Waals surface area contributed by atoms with Crippen molar-refractivity contribution in [3.63, 3.8) is 0 Å². The standard InChI is InChI=1S/C13H20N2O3S/c1-4-18-13(17)10-6-5-7-14-12(10)15-9(2)11(8-16)19-3/h5-7,9,11,16H,4,8H2,1-3H3,(H,14,15)/t9-,11+/m0/s1. The predicted molar refractivity (Wildman–Crippen MR) is 77.7 cm³/mol. The van der Waals surface area contributed by atoms with Gasteiger partial charge in [-0.2, -0.15) is 11.8 Å². The molecule has 0 saturated carbocycles. The molecule has 0 aliphatic heterocycles. The highest BCUT2D eigenvalue weighted by molar-refractivity contribution is 7.99. The summed E-state index contributed by atoms with van der Waals surface area (Å²) in [6.45, 7) is 4.10. The Bertz CT molecular complexity index is 411. The molecule has 0 radical (unpaired) electrons. The van der Waals surface area contributed by atoms with Crippen LogP contribution < -0.4 is 5.32 Å². The number of rotatable bonds is 7. The molecule has 0 amide bonds. The maximum Gasteiger partial charge on any atom is 0.341 e. The van der Waals surface area contributed by atoms with Crippen molar-refractivity contribution in [2.45, 2.75) is 25.1 Å². The number of ether oxygens (including phenoxy) is 1. The van der Waals surface area contributed by atoms with E-state index in [1.54, 1.807) is 37.0 Å². The van der Waals surface area contributed by atoms with Crippen LogP contribution in [0.2, 0.25) is 0 Å². The summed E-state index contributed by atoms with van der Waals surface area (Å²) in [7, 11) is 0. The number of hydrogen-bond acceptors (Lipinski definition) is 6. The lowest BCUT2D eigenvalue weighted by atomic mass is 10.2. The monoisotopic (exact) mass is 284 g/mol. The highest BCUT2D eigenvalue weighted by atomic mass is 32.2. The summed E-state index contributed by atoms with van der Waals surface area (Å²) < 4.78 is 4.99. The SMILES string of the molecule is CCOC(=O)c1cccnc1N[C@@H](C)[C@@H](CO)SC. The quantitative estimate of drug-likeness (QED) is 0.744. The molecule has 0 fully saturated rings. The van der Waals surface area contributed by atoms with Gasteiger partial charge in [0.15, 0.2) is 0 Å². The Labute approximate surface area is 117 Å². The molecule has 0 aromatic carbocycles. The number of aliphatic hydroxyl groups is 1. The van der Waals surface area contributed by atoms with Crippen LogP contribution in [0.15, 0.2) is 18.3 Å². The van der Waals surface area contributed by atoms with Gasteiger partial charge in [0.05, 0.1) is 13.2 Å². The summed E-state index contributed by atoms with van der Waals surface area (Å²) >= 11 is 1.57. The predicted octanol–water partition coefficient (Wildman–Crippen LogP) is 1.78. The fourth-order valence-corrected chi connectivity index (χ4v) is 2.26. The Balaban J connectivity index is 2.86. The third-order valence-electron chi connectivity index (χ3n) is 2.71. The number of thioether (sulfide) groups is 1. The topological polar surface area (TPSA) is 71.5 Å². The van der Waals surface area contributed by atoms with Crippen LogP contribution in [0.4, 0.5) is 5.82 Å². The minimum absolute atomic E-state index is 0.0110. The van der Waals surface area contributed by atoms with E-state index in [9.17, 15) is 9.90 Å². The number of hydrogen-bond donors (Lipinski definition) is 2. The van der Waals surface area contributed by atoms with Crippen molar-refractivity contribution in [3.05, 3.63) is 23.9 Å². The summed E-state index contributed by atoms with van der Waals surface area (Å²) in [5.74, 6) is 0.0935. The second-order valence-electron chi connectivity index (χ2n) is 4.01. The molecule has 5 nitrogen and oxygen atoms in total. The molecule has 19 heavy (non-hydrogen) atoms. The fraction of sp³-hybridized carbons (Fsp3) is 0.538. The number of nitrogens with one attached hydrogen (secondary N) is 1. The van der Waals surface area contributed by atoms with Gasteiger partial charge in [-0.05, 0) is 32.2 Å². The number of carbonyl (C=O) groups excluding carboxylic acids is 1. The number of esters is 1. The molecule has 2 atom stereocenters. The zero-order chi connectivity index (χ0) is 14.3. The van der Waals surface area contributed by atoms with Crippen molar-refractivity contribution in [2.75, 3.05) is 24.8 Å². The first kappa shape index (κ1) is 15.8. The number of pyridine rings is 1. The Kier molecular flexibility index (Phi) is 6.66. The van der Waals surface area contributed by atoms with Crippen molar-refractivity contribution in [2.24, 2.45) is 0 Å². The maximum absolute atomic E-state index is 11.8. The third kappa shape index (κ3) is 4.40. The Morgan fingerprint density at radius 2 is 2.37 bits per heavy atom. The van der Waals surface area contributed by atoms with Crippen molar-refractivity contribution in [1.82, 2.24) is 4.98 Å². The molecule has 1 aromatic heterocycles. The van der Waals surface area contributed by atoms with Crippen molar-refractivity contribution >= 4 is 23.5 Å². The van der Waals surface area contributed by atoms with Gasteiger partial charge >= 0.3 is 5.97 Å². The molecule has 0 aliphatic carbocycles. The summed E-state index contributed by atoms with van der Waals surface area (Å²) in [4.78, 5) is 16.0. The van der Waals surface area contributed by atoms with E-state index in [-0.39, 0.29) is 17.9 Å². The number of nitrogens with zero attached hydrogens (tertiary/aromatic N) is 1. The van der Waals surface area contributed by atoms with Gasteiger partial charge in [-0.15, -0.1) is 0 Å². The average molecular weight is 284 g/mol. The first-order chi connectivity index (χ1) is 9.13. The fourth-order valence-electron chi connectivity index (χ4n) is 1.64. The van der Waals surface area contributed by atoms with Crippen LogP contribution in [-0.4, -0.2) is 46.8 Å². The third-order valence-corrected chi connectivity index (χ3v) is 3.87. The lowest BCUT2D eigenvalue weighted by molar-refractivity contribution is 0.0527. The number of aliphatic hydroxyl groups excluding tert-OH is 1. The van der Waals surface area contributed by atoms with Gasteiger partial charge < -0.3 is 15.2 Å². The normalized spacial score (nSPS) is 13.7. The molecule has 106 valence electrons. The van der Waals surface area contributed by atoms with Gasteiger partial charge in [0, 0.05) is 17.5 Å². The van der Waals surface area contributed by atoms with Gasteiger partial charge in [0.25, 0.3) is 0 Å². The van der Waals surface area contributed by atoms with Crippen LogP contribution in [0, 0.1) is 0 Å². The van der Waals surface area contributed by atoms with Gasteiger partial charge in [-0.1, -0.05) is 0 Å². The van der Waals surface area contributed by atoms with Crippen molar-refractivity contribution < 1.29 is 14.6 Å². The molecular weight excluding hydrogens is 264 g/mol. The first-order valence-corrected chi connectivity index (χ1v) is 7.45. The highest BCUT2D eigenvalue weighted by Crippen LogP contribution is 2.18. The van der Waals surface area contributed by atoms with Crippen LogP contribution in [0.25, 0.3) is 0 Å². The zero-order valence-corrected chi connectivity index (χ0v) is 12.2. The molecule has 1 aromatic rings. The van der Waals surface area contributed by atoms with E-state index < -0.39 is 5.97 Å². The van der Waals surface area contributed by atoms with Crippen LogP contribution in [0.1, 0.15) is 24.2 Å². The summed E-state index contributed by atoms with van der Waals surface area (Å²) in [5.41, 5.74) is 0.411. The average Bonchev–Trinajstić information content (AvgIpc) is 2.41. The largest absolute Gasteiger partial charge is 0.462 e. The van der Waals surface area contributed by atoms with Crippen LogP contribution in [0.3, 0.4) is 0 Å².